The van der Waals surface area contributed by atoms with Gasteiger partial charge in [-0.1, -0.05) is 11.2 Å². The number of pyridine rings is 1. The van der Waals surface area contributed by atoms with Gasteiger partial charge in [0.1, 0.15) is 11.6 Å². The van der Waals surface area contributed by atoms with Crippen LogP contribution in [0.2, 0.25) is 0 Å². The van der Waals surface area contributed by atoms with E-state index in [1.165, 1.54) is 21.5 Å². The molecule has 11 rings (SSSR count). The van der Waals surface area contributed by atoms with Crippen LogP contribution >= 0.6 is 0 Å². The Balaban J connectivity index is 1.05. The van der Waals surface area contributed by atoms with Crippen molar-refractivity contribution in [1.82, 2.24) is 48.1 Å². The van der Waals surface area contributed by atoms with Crippen molar-refractivity contribution in [3.05, 3.63) is 145 Å². The molecule has 2 fully saturated rings. The standard InChI is InChI=1S/C47H46F2N10O5/c1-25-19-30(20-26(2)39(25)48)59-41(58-17-16-57(45(58)62)36-10-9-34-31(40(36)49)22-50-54(34)6)37-27(3)56(15-11-33(37)52-59)42(60)32-24-55-23-29(28-12-18-63-46(4,5)21-28)7-8-35(55)38(32)47(13-14-47)43-51-44(61)64-53-43/h7-10,16-17,19-20,22-24,27-28H,11-15,18,21H2,1-6H3,(H,51,53,61)/t27-,28-/m0/s1. The molecular formula is C47H46F2N10O5. The summed E-state index contributed by atoms with van der Waals surface area (Å²) in [6, 6.07) is 10.2. The molecule has 2 aliphatic heterocycles. The lowest BCUT2D eigenvalue weighted by Crippen LogP contribution is -2.40. The Morgan fingerprint density at radius 3 is 2.44 bits per heavy atom. The molecule has 2 aromatic carbocycles. The van der Waals surface area contributed by atoms with Crippen molar-refractivity contribution in [2.24, 2.45) is 7.05 Å². The van der Waals surface area contributed by atoms with Gasteiger partial charge in [-0.3, -0.25) is 28.1 Å². The highest BCUT2D eigenvalue weighted by Crippen LogP contribution is 2.55. The first-order valence-corrected chi connectivity index (χ1v) is 21.6. The Bertz CT molecular complexity index is 3330. The predicted molar refractivity (Wildman–Crippen MR) is 232 cm³/mol. The molecular weight excluding hydrogens is 823 g/mol. The van der Waals surface area contributed by atoms with Crippen molar-refractivity contribution in [2.45, 2.75) is 89.7 Å². The average molecular weight is 869 g/mol. The van der Waals surface area contributed by atoms with Crippen molar-refractivity contribution in [2.75, 3.05) is 13.2 Å². The van der Waals surface area contributed by atoms with Crippen LogP contribution in [0.15, 0.2) is 81.5 Å². The third-order valence-electron chi connectivity index (χ3n) is 13.8. The zero-order chi connectivity index (χ0) is 44.6. The summed E-state index contributed by atoms with van der Waals surface area (Å²) < 4.78 is 50.1. The highest BCUT2D eigenvalue weighted by molar-refractivity contribution is 5.99. The molecule has 1 aliphatic carbocycles. The summed E-state index contributed by atoms with van der Waals surface area (Å²) in [5, 5.41) is 13.7. The number of hydrogen-bond acceptors (Lipinski definition) is 8. The van der Waals surface area contributed by atoms with Gasteiger partial charge in [-0.15, -0.1) is 0 Å². The quantitative estimate of drug-likeness (QED) is 0.179. The average Bonchev–Trinajstić information content (AvgIpc) is 3.72. The van der Waals surface area contributed by atoms with Crippen LogP contribution in [0.4, 0.5) is 8.78 Å². The fraction of sp³-hybridized carbons (Fsp3) is 0.362. The van der Waals surface area contributed by atoms with E-state index in [-0.39, 0.29) is 34.3 Å². The maximum Gasteiger partial charge on any atom is 0.438 e. The van der Waals surface area contributed by atoms with Crippen molar-refractivity contribution in [3.8, 4) is 17.2 Å². The molecule has 0 bridgehead atoms. The van der Waals surface area contributed by atoms with Gasteiger partial charge in [0.2, 0.25) is 0 Å². The van der Waals surface area contributed by atoms with Crippen LogP contribution in [0.5, 0.6) is 0 Å². The zero-order valence-corrected chi connectivity index (χ0v) is 36.3. The SMILES string of the molecule is Cc1cc(-n2nc3c(c2-n2ccn(-c4ccc5c(cnn5C)c4F)c2=O)[C@H](C)N(C(=O)c2cn4cc([C@H]5CCOC(C)(C)C5)ccc4c2C2(c4noc(=O)[nH]4)CC2)CC3)cc(C)c1F. The van der Waals surface area contributed by atoms with Crippen LogP contribution in [0.1, 0.15) is 108 Å². The maximum absolute atomic E-state index is 16.1. The number of halogens is 2. The van der Waals surface area contributed by atoms with Crippen LogP contribution in [0, 0.1) is 25.5 Å². The number of aryl methyl sites for hydroxylation is 3. The second-order valence-corrected chi connectivity index (χ2v) is 18.3. The molecule has 1 saturated carbocycles. The van der Waals surface area contributed by atoms with E-state index >= 15 is 13.6 Å². The van der Waals surface area contributed by atoms with Gasteiger partial charge < -0.3 is 14.0 Å². The van der Waals surface area contributed by atoms with Gasteiger partial charge in [0.25, 0.3) is 5.91 Å². The molecule has 17 heteroatoms. The minimum atomic E-state index is -0.753. The number of imidazole rings is 1. The van der Waals surface area contributed by atoms with Crippen LogP contribution in [-0.4, -0.2) is 72.8 Å². The topological polar surface area (TPSA) is 155 Å². The third kappa shape index (κ3) is 5.99. The number of nitrogens with zero attached hydrogens (tertiary/aromatic N) is 9. The number of H-pyrrole nitrogens is 1. The van der Waals surface area contributed by atoms with E-state index in [1.807, 2.05) is 17.5 Å². The van der Waals surface area contributed by atoms with Crippen molar-refractivity contribution in [3.63, 3.8) is 0 Å². The summed E-state index contributed by atoms with van der Waals surface area (Å²) in [6.45, 7) is 10.4. The lowest BCUT2D eigenvalue weighted by atomic mass is 9.84. The number of rotatable bonds is 7. The van der Waals surface area contributed by atoms with Crippen molar-refractivity contribution >= 4 is 22.3 Å². The number of aromatic amines is 1. The fourth-order valence-electron chi connectivity index (χ4n) is 10.4. The number of nitrogens with one attached hydrogen (secondary N) is 1. The second kappa shape index (κ2) is 14.1. The number of ether oxygens (including phenoxy) is 1. The van der Waals surface area contributed by atoms with E-state index in [1.54, 1.807) is 65.6 Å². The summed E-state index contributed by atoms with van der Waals surface area (Å²) in [5.74, 6) is -0.871. The Kier molecular flexibility index (Phi) is 8.77. The number of benzene rings is 2. The number of aromatic nitrogens is 9. The van der Waals surface area contributed by atoms with Gasteiger partial charge in [0.15, 0.2) is 11.6 Å². The van der Waals surface area contributed by atoms with Crippen LogP contribution in [-0.2, 0) is 23.6 Å². The summed E-state index contributed by atoms with van der Waals surface area (Å²) in [7, 11) is 1.72. The van der Waals surface area contributed by atoms with Crippen molar-refractivity contribution in [1.29, 1.82) is 0 Å². The molecule has 1 saturated heterocycles. The van der Waals surface area contributed by atoms with E-state index in [4.69, 9.17) is 14.4 Å². The van der Waals surface area contributed by atoms with Gasteiger partial charge in [-0.05, 0) is 113 Å². The molecule has 3 aliphatic rings. The van der Waals surface area contributed by atoms with E-state index in [9.17, 15) is 9.59 Å². The minimum absolute atomic E-state index is 0.0435. The normalized spacial score (nSPS) is 19.2. The van der Waals surface area contributed by atoms with E-state index < -0.39 is 28.7 Å². The molecule has 15 nitrogen and oxygen atoms in total. The number of carbonyl (C=O) groups excluding carboxylic acids is 1. The van der Waals surface area contributed by atoms with Crippen LogP contribution in [0.25, 0.3) is 33.6 Å². The molecule has 2 atom stereocenters. The molecule has 328 valence electrons. The predicted octanol–water partition coefficient (Wildman–Crippen LogP) is 7.04. The lowest BCUT2D eigenvalue weighted by Gasteiger charge is -2.35. The fourth-order valence-corrected chi connectivity index (χ4v) is 10.4. The Morgan fingerprint density at radius 1 is 0.969 bits per heavy atom. The number of fused-ring (bicyclic) bond motifs is 3. The first-order valence-electron chi connectivity index (χ1n) is 21.6. The number of hydrogen-bond donors (Lipinski definition) is 1. The molecule has 0 spiro atoms. The molecule has 64 heavy (non-hydrogen) atoms. The van der Waals surface area contributed by atoms with Gasteiger partial charge in [-0.25, -0.2) is 23.1 Å². The van der Waals surface area contributed by atoms with Gasteiger partial charge in [0, 0.05) is 62.5 Å². The smallest absolute Gasteiger partial charge is 0.376 e. The Hall–Kier alpha value is -6.88. The van der Waals surface area contributed by atoms with Gasteiger partial charge in [0.05, 0.1) is 62.3 Å². The molecule has 0 unspecified atom stereocenters. The number of amides is 1. The minimum Gasteiger partial charge on any atom is -0.376 e. The summed E-state index contributed by atoms with van der Waals surface area (Å²) >= 11 is 0. The highest BCUT2D eigenvalue weighted by Gasteiger charge is 2.53. The molecule has 8 aromatic rings. The summed E-state index contributed by atoms with van der Waals surface area (Å²) in [5.41, 5.74) is 4.83. The van der Waals surface area contributed by atoms with Crippen LogP contribution in [0.3, 0.4) is 0 Å². The van der Waals surface area contributed by atoms with E-state index in [0.717, 1.165) is 29.5 Å². The molecule has 8 heterocycles. The van der Waals surface area contributed by atoms with E-state index in [0.29, 0.717) is 83.2 Å². The van der Waals surface area contributed by atoms with Crippen LogP contribution < -0.4 is 11.4 Å². The molecule has 1 amide bonds. The summed E-state index contributed by atoms with van der Waals surface area (Å²) in [4.78, 5) is 47.0. The largest absolute Gasteiger partial charge is 0.438 e. The Morgan fingerprint density at radius 2 is 1.72 bits per heavy atom. The van der Waals surface area contributed by atoms with Crippen molar-refractivity contribution < 1.29 is 22.8 Å². The zero-order valence-electron chi connectivity index (χ0n) is 36.3. The summed E-state index contributed by atoms with van der Waals surface area (Å²) in [6.07, 6.45) is 11.8. The molecule has 0 radical (unpaired) electrons. The molecule has 6 aromatic heterocycles. The monoisotopic (exact) mass is 868 g/mol. The first-order chi connectivity index (χ1) is 30.6. The Labute approximate surface area is 364 Å². The third-order valence-corrected chi connectivity index (χ3v) is 13.8. The van der Waals surface area contributed by atoms with Gasteiger partial charge in [-0.2, -0.15) is 10.2 Å². The first kappa shape index (κ1) is 39.9. The van der Waals surface area contributed by atoms with Gasteiger partial charge >= 0.3 is 11.4 Å². The molecule has 1 N–H and O–H groups in total. The highest BCUT2D eigenvalue weighted by atomic mass is 19.1. The maximum atomic E-state index is 16.1. The number of carbonyl (C=O) groups is 1. The van der Waals surface area contributed by atoms with E-state index in [2.05, 4.69) is 47.4 Å². The second-order valence-electron chi connectivity index (χ2n) is 18.3. The lowest BCUT2D eigenvalue weighted by molar-refractivity contribution is -0.0593.